The van der Waals surface area contributed by atoms with E-state index in [1.54, 1.807) is 6.07 Å². The van der Waals surface area contributed by atoms with Gasteiger partial charge in [0.2, 0.25) is 0 Å². The summed E-state index contributed by atoms with van der Waals surface area (Å²) < 4.78 is 13.0. The van der Waals surface area contributed by atoms with Crippen molar-refractivity contribution in [2.45, 2.75) is 25.5 Å². The number of hydrogen-bond acceptors (Lipinski definition) is 3. The predicted molar refractivity (Wildman–Crippen MR) is 61.7 cm³/mol. The van der Waals surface area contributed by atoms with Crippen molar-refractivity contribution in [1.82, 2.24) is 0 Å². The van der Waals surface area contributed by atoms with Gasteiger partial charge in [-0.25, -0.2) is 4.39 Å². The number of benzene rings is 1. The molecule has 16 heavy (non-hydrogen) atoms. The van der Waals surface area contributed by atoms with Crippen LogP contribution in [-0.4, -0.2) is 24.3 Å². The standard InChI is InChI=1S/C12H17FN2O/c13-10-1-2-12(9(7-10)8-14)15-5-3-11(16)4-6-15/h1-2,7,11,16H,3-6,8,14H2. The van der Waals surface area contributed by atoms with Crippen molar-refractivity contribution >= 4 is 5.69 Å². The van der Waals surface area contributed by atoms with Crippen molar-refractivity contribution in [1.29, 1.82) is 0 Å². The van der Waals surface area contributed by atoms with Gasteiger partial charge >= 0.3 is 0 Å². The Hall–Kier alpha value is -1.13. The molecule has 88 valence electrons. The fourth-order valence-electron chi connectivity index (χ4n) is 2.13. The van der Waals surface area contributed by atoms with E-state index in [9.17, 15) is 9.50 Å². The van der Waals surface area contributed by atoms with E-state index in [1.807, 2.05) is 0 Å². The lowest BCUT2D eigenvalue weighted by atomic mass is 10.1. The Morgan fingerprint density at radius 3 is 2.69 bits per heavy atom. The number of rotatable bonds is 2. The fraction of sp³-hybridized carbons (Fsp3) is 0.500. The quantitative estimate of drug-likeness (QED) is 0.794. The fourth-order valence-corrected chi connectivity index (χ4v) is 2.13. The van der Waals surface area contributed by atoms with Crippen LogP contribution in [0.1, 0.15) is 18.4 Å². The molecule has 0 unspecified atom stereocenters. The first-order valence-electron chi connectivity index (χ1n) is 5.62. The molecule has 2 rings (SSSR count). The summed E-state index contributed by atoms with van der Waals surface area (Å²) >= 11 is 0. The monoisotopic (exact) mass is 224 g/mol. The number of aliphatic hydroxyl groups is 1. The summed E-state index contributed by atoms with van der Waals surface area (Å²) in [5.41, 5.74) is 7.44. The molecule has 0 radical (unpaired) electrons. The molecule has 3 nitrogen and oxygen atoms in total. The highest BCUT2D eigenvalue weighted by atomic mass is 19.1. The third-order valence-corrected chi connectivity index (χ3v) is 3.07. The summed E-state index contributed by atoms with van der Waals surface area (Å²) in [5, 5.41) is 9.43. The van der Waals surface area contributed by atoms with Crippen molar-refractivity contribution in [2.24, 2.45) is 5.73 Å². The van der Waals surface area contributed by atoms with Crippen LogP contribution in [0.4, 0.5) is 10.1 Å². The van der Waals surface area contributed by atoms with Crippen molar-refractivity contribution in [3.63, 3.8) is 0 Å². The van der Waals surface area contributed by atoms with Gasteiger partial charge in [-0.15, -0.1) is 0 Å². The highest BCUT2D eigenvalue weighted by molar-refractivity contribution is 5.54. The minimum absolute atomic E-state index is 0.196. The number of nitrogens with zero attached hydrogens (tertiary/aromatic N) is 1. The summed E-state index contributed by atoms with van der Waals surface area (Å²) in [7, 11) is 0. The van der Waals surface area contributed by atoms with E-state index in [1.165, 1.54) is 12.1 Å². The van der Waals surface area contributed by atoms with E-state index in [0.29, 0.717) is 6.54 Å². The first kappa shape index (κ1) is 11.4. The second kappa shape index (κ2) is 4.80. The zero-order valence-corrected chi connectivity index (χ0v) is 9.19. The maximum absolute atomic E-state index is 13.0. The molecule has 0 atom stereocenters. The Bertz CT molecular complexity index is 362. The van der Waals surface area contributed by atoms with Crippen LogP contribution < -0.4 is 10.6 Å². The van der Waals surface area contributed by atoms with Crippen LogP contribution in [0.15, 0.2) is 18.2 Å². The number of hydrogen-bond donors (Lipinski definition) is 2. The van der Waals surface area contributed by atoms with Gasteiger partial charge in [0, 0.05) is 25.3 Å². The van der Waals surface area contributed by atoms with Crippen LogP contribution in [-0.2, 0) is 6.54 Å². The maximum atomic E-state index is 13.0. The molecule has 1 fully saturated rings. The van der Waals surface area contributed by atoms with Gasteiger partial charge in [0.25, 0.3) is 0 Å². The largest absolute Gasteiger partial charge is 0.393 e. The summed E-state index contributed by atoms with van der Waals surface area (Å²) in [6, 6.07) is 4.72. The third kappa shape index (κ3) is 2.33. The molecule has 1 saturated heterocycles. The molecule has 3 N–H and O–H groups in total. The molecule has 1 aromatic carbocycles. The molecule has 1 aromatic rings. The summed E-state index contributed by atoms with van der Waals surface area (Å²) in [5.74, 6) is -0.249. The Morgan fingerprint density at radius 1 is 1.38 bits per heavy atom. The number of nitrogens with two attached hydrogens (primary N) is 1. The Balaban J connectivity index is 2.19. The molecular weight excluding hydrogens is 207 g/mol. The molecular formula is C12H17FN2O. The average Bonchev–Trinajstić information content (AvgIpc) is 2.30. The summed E-state index contributed by atoms with van der Waals surface area (Å²) in [6.45, 7) is 1.95. The van der Waals surface area contributed by atoms with Crippen molar-refractivity contribution < 1.29 is 9.50 Å². The van der Waals surface area contributed by atoms with Crippen LogP contribution in [0.3, 0.4) is 0 Å². The van der Waals surface area contributed by atoms with E-state index in [-0.39, 0.29) is 11.9 Å². The lowest BCUT2D eigenvalue weighted by molar-refractivity contribution is 0.145. The Kier molecular flexibility index (Phi) is 3.41. The molecule has 0 amide bonds. The van der Waals surface area contributed by atoms with Gasteiger partial charge in [-0.3, -0.25) is 0 Å². The molecule has 1 heterocycles. The van der Waals surface area contributed by atoms with Gasteiger partial charge in [-0.2, -0.15) is 0 Å². The highest BCUT2D eigenvalue weighted by Gasteiger charge is 2.19. The summed E-state index contributed by atoms with van der Waals surface area (Å²) in [6.07, 6.45) is 1.33. The minimum atomic E-state index is -0.249. The topological polar surface area (TPSA) is 49.5 Å². The van der Waals surface area contributed by atoms with Crippen molar-refractivity contribution in [2.75, 3.05) is 18.0 Å². The lowest BCUT2D eigenvalue weighted by Crippen LogP contribution is -2.36. The number of halogens is 1. The van der Waals surface area contributed by atoms with Gasteiger partial charge in [-0.05, 0) is 36.6 Å². The molecule has 0 aliphatic carbocycles. The first-order chi connectivity index (χ1) is 7.70. The molecule has 0 saturated carbocycles. The maximum Gasteiger partial charge on any atom is 0.123 e. The van der Waals surface area contributed by atoms with Crippen LogP contribution in [0.5, 0.6) is 0 Å². The molecule has 4 heteroatoms. The number of anilines is 1. The molecule has 1 aliphatic rings. The zero-order valence-electron chi connectivity index (χ0n) is 9.19. The summed E-state index contributed by atoms with van der Waals surface area (Å²) in [4.78, 5) is 2.16. The Morgan fingerprint density at radius 2 is 2.06 bits per heavy atom. The van der Waals surface area contributed by atoms with E-state index >= 15 is 0 Å². The van der Waals surface area contributed by atoms with Crippen LogP contribution >= 0.6 is 0 Å². The second-order valence-corrected chi connectivity index (χ2v) is 4.20. The SMILES string of the molecule is NCc1cc(F)ccc1N1CCC(O)CC1. The molecule has 1 aliphatic heterocycles. The predicted octanol–water partition coefficient (Wildman–Crippen LogP) is 1.25. The van der Waals surface area contributed by atoms with Crippen molar-refractivity contribution in [3.05, 3.63) is 29.6 Å². The zero-order chi connectivity index (χ0) is 11.5. The van der Waals surface area contributed by atoms with Gasteiger partial charge < -0.3 is 15.7 Å². The number of piperidine rings is 1. The Labute approximate surface area is 94.7 Å². The van der Waals surface area contributed by atoms with Crippen LogP contribution in [0.2, 0.25) is 0 Å². The second-order valence-electron chi connectivity index (χ2n) is 4.20. The van der Waals surface area contributed by atoms with E-state index in [2.05, 4.69) is 4.90 Å². The van der Waals surface area contributed by atoms with E-state index < -0.39 is 0 Å². The van der Waals surface area contributed by atoms with Crippen molar-refractivity contribution in [3.8, 4) is 0 Å². The van der Waals surface area contributed by atoms with Gasteiger partial charge in [0.05, 0.1) is 6.10 Å². The van der Waals surface area contributed by atoms with E-state index in [4.69, 9.17) is 5.73 Å². The van der Waals surface area contributed by atoms with Gasteiger partial charge in [0.15, 0.2) is 0 Å². The van der Waals surface area contributed by atoms with Crippen LogP contribution in [0, 0.1) is 5.82 Å². The molecule has 0 bridgehead atoms. The minimum Gasteiger partial charge on any atom is -0.393 e. The third-order valence-electron chi connectivity index (χ3n) is 3.07. The van der Waals surface area contributed by atoms with Gasteiger partial charge in [0.1, 0.15) is 5.82 Å². The lowest BCUT2D eigenvalue weighted by Gasteiger charge is -2.32. The first-order valence-corrected chi connectivity index (χ1v) is 5.62. The smallest absolute Gasteiger partial charge is 0.123 e. The highest BCUT2D eigenvalue weighted by Crippen LogP contribution is 2.24. The molecule has 0 spiro atoms. The average molecular weight is 224 g/mol. The van der Waals surface area contributed by atoms with Gasteiger partial charge in [-0.1, -0.05) is 0 Å². The number of aliphatic hydroxyl groups excluding tert-OH is 1. The van der Waals surface area contributed by atoms with Crippen LogP contribution in [0.25, 0.3) is 0 Å². The normalized spacial score (nSPS) is 17.8. The molecule has 0 aromatic heterocycles. The van der Waals surface area contributed by atoms with E-state index in [0.717, 1.165) is 37.2 Å².